The molecule has 9 heteroatoms. The number of imidazole rings is 1. The Labute approximate surface area is 138 Å². The molecule has 4 aromatic rings. The first-order valence-electron chi connectivity index (χ1n) is 7.23. The van der Waals surface area contributed by atoms with Gasteiger partial charge in [-0.15, -0.1) is 0 Å². The van der Waals surface area contributed by atoms with E-state index in [1.54, 1.807) is 17.6 Å². The number of rotatable bonds is 5. The van der Waals surface area contributed by atoms with Gasteiger partial charge in [0.25, 0.3) is 4.96 Å². The van der Waals surface area contributed by atoms with Crippen molar-refractivity contribution in [2.75, 3.05) is 11.9 Å². The molecule has 122 valence electrons. The lowest BCUT2D eigenvalue weighted by molar-refractivity contribution is -0.389. The van der Waals surface area contributed by atoms with Gasteiger partial charge in [-0.3, -0.25) is 0 Å². The smallest absolute Gasteiger partial charge is 0.363 e. The molecule has 0 aliphatic rings. The Hall–Kier alpha value is -2.94. The number of hydrogen-bond donors (Lipinski definition) is 2. The summed E-state index contributed by atoms with van der Waals surface area (Å²) in [7, 11) is 0. The summed E-state index contributed by atoms with van der Waals surface area (Å²) in [6, 6.07) is 4.59. The van der Waals surface area contributed by atoms with Crippen LogP contribution in [0.3, 0.4) is 0 Å². The number of benzene rings is 1. The van der Waals surface area contributed by atoms with E-state index in [4.69, 9.17) is 0 Å². The van der Waals surface area contributed by atoms with Gasteiger partial charge in [-0.05, 0) is 35.1 Å². The number of anilines is 1. The summed E-state index contributed by atoms with van der Waals surface area (Å²) in [4.78, 5) is 18.7. The van der Waals surface area contributed by atoms with Gasteiger partial charge in [-0.2, -0.15) is 9.38 Å². The Morgan fingerprint density at radius 2 is 2.33 bits per heavy atom. The molecule has 0 aliphatic carbocycles. The molecule has 1 aromatic carbocycles. The zero-order valence-electron chi connectivity index (χ0n) is 12.3. The van der Waals surface area contributed by atoms with E-state index < -0.39 is 4.92 Å². The van der Waals surface area contributed by atoms with E-state index in [-0.39, 0.29) is 17.5 Å². The second kappa shape index (κ2) is 5.60. The molecule has 24 heavy (non-hydrogen) atoms. The van der Waals surface area contributed by atoms with Crippen LogP contribution in [0.25, 0.3) is 15.9 Å². The second-order valence-electron chi connectivity index (χ2n) is 5.28. The first-order chi connectivity index (χ1) is 11.6. The third-order valence-electron chi connectivity index (χ3n) is 3.83. The van der Waals surface area contributed by atoms with Crippen molar-refractivity contribution in [2.24, 2.45) is 0 Å². The fraction of sp³-hybridized carbons (Fsp3) is 0.133. The van der Waals surface area contributed by atoms with Gasteiger partial charge in [-0.25, -0.2) is 4.39 Å². The Morgan fingerprint density at radius 3 is 3.17 bits per heavy atom. The summed E-state index contributed by atoms with van der Waals surface area (Å²) in [5.41, 5.74) is 1.75. The lowest BCUT2D eigenvalue weighted by atomic mass is 10.1. The van der Waals surface area contributed by atoms with Crippen LogP contribution in [0, 0.1) is 15.9 Å². The van der Waals surface area contributed by atoms with Crippen LogP contribution in [0.2, 0.25) is 0 Å². The summed E-state index contributed by atoms with van der Waals surface area (Å²) in [6.07, 6.45) is 4.09. The largest absolute Gasteiger partial charge is 0.372 e. The van der Waals surface area contributed by atoms with E-state index in [1.165, 1.54) is 27.9 Å². The number of fused-ring (bicyclic) bond motifs is 2. The van der Waals surface area contributed by atoms with Crippen molar-refractivity contribution in [3.63, 3.8) is 0 Å². The fourth-order valence-corrected chi connectivity index (χ4v) is 3.46. The highest BCUT2D eigenvalue weighted by Gasteiger charge is 2.23. The highest BCUT2D eigenvalue weighted by Crippen LogP contribution is 2.28. The Morgan fingerprint density at radius 1 is 1.46 bits per heavy atom. The van der Waals surface area contributed by atoms with E-state index in [2.05, 4.69) is 15.3 Å². The molecule has 0 fully saturated rings. The summed E-state index contributed by atoms with van der Waals surface area (Å²) in [5, 5.41) is 17.0. The van der Waals surface area contributed by atoms with Gasteiger partial charge in [0.15, 0.2) is 0 Å². The van der Waals surface area contributed by atoms with Crippen LogP contribution in [0.1, 0.15) is 5.56 Å². The molecule has 0 aliphatic heterocycles. The quantitative estimate of drug-likeness (QED) is 0.427. The number of nitrogens with one attached hydrogen (secondary N) is 2. The molecule has 2 N–H and O–H groups in total. The number of nitro groups is 1. The van der Waals surface area contributed by atoms with Crippen molar-refractivity contribution in [3.05, 3.63) is 57.5 Å². The predicted molar refractivity (Wildman–Crippen MR) is 90.2 cm³/mol. The van der Waals surface area contributed by atoms with Crippen LogP contribution >= 0.6 is 11.3 Å². The van der Waals surface area contributed by atoms with Gasteiger partial charge in [-0.1, -0.05) is 11.3 Å². The first-order valence-corrected chi connectivity index (χ1v) is 8.11. The first kappa shape index (κ1) is 14.6. The number of halogens is 1. The maximum absolute atomic E-state index is 13.2. The third-order valence-corrected chi connectivity index (χ3v) is 4.58. The standard InChI is InChI=1S/C15H12FN5O2S/c16-10-1-2-11-9(8-18-12(11)7-10)3-4-17-13-14(21(22)23)20-5-6-24-15(20)19-13/h1-2,5-8,17-18H,3-4H2. The van der Waals surface area contributed by atoms with Crippen molar-refractivity contribution < 1.29 is 9.31 Å². The molecule has 0 saturated carbocycles. The number of H-pyrrole nitrogens is 1. The molecule has 0 saturated heterocycles. The van der Waals surface area contributed by atoms with Gasteiger partial charge in [0.2, 0.25) is 5.82 Å². The maximum atomic E-state index is 13.2. The zero-order chi connectivity index (χ0) is 16.7. The zero-order valence-corrected chi connectivity index (χ0v) is 13.1. The van der Waals surface area contributed by atoms with Gasteiger partial charge < -0.3 is 20.4 Å². The van der Waals surface area contributed by atoms with Crippen LogP contribution in [-0.2, 0) is 6.42 Å². The molecule has 3 aromatic heterocycles. The number of thiazole rings is 1. The van der Waals surface area contributed by atoms with E-state index in [9.17, 15) is 14.5 Å². The van der Waals surface area contributed by atoms with Gasteiger partial charge in [0, 0.05) is 29.0 Å². The molecule has 0 atom stereocenters. The minimum atomic E-state index is -0.441. The van der Waals surface area contributed by atoms with Gasteiger partial charge in [0.05, 0.1) is 0 Å². The molecule has 4 rings (SSSR count). The molecule has 0 bridgehead atoms. The monoisotopic (exact) mass is 345 g/mol. The van der Waals surface area contributed by atoms with Crippen molar-refractivity contribution in [3.8, 4) is 0 Å². The topological polar surface area (TPSA) is 88.3 Å². The summed E-state index contributed by atoms with van der Waals surface area (Å²) in [5.74, 6) is -0.0901. The molecule has 7 nitrogen and oxygen atoms in total. The average molecular weight is 345 g/mol. The lowest BCUT2D eigenvalue weighted by Crippen LogP contribution is -2.07. The molecule has 0 unspecified atom stereocenters. The van der Waals surface area contributed by atoms with Crippen LogP contribution in [0.4, 0.5) is 16.0 Å². The van der Waals surface area contributed by atoms with Crippen LogP contribution in [0.5, 0.6) is 0 Å². The van der Waals surface area contributed by atoms with E-state index in [1.807, 2.05) is 6.20 Å². The minimum absolute atomic E-state index is 0.0627. The Kier molecular flexibility index (Phi) is 3.42. The summed E-state index contributed by atoms with van der Waals surface area (Å²) in [6.45, 7) is 0.482. The highest BCUT2D eigenvalue weighted by molar-refractivity contribution is 7.15. The van der Waals surface area contributed by atoms with Gasteiger partial charge in [0.1, 0.15) is 12.0 Å². The SMILES string of the molecule is O=[N+]([O-])c1c(NCCc2c[nH]c3cc(F)ccc23)nc2sccn12. The van der Waals surface area contributed by atoms with Gasteiger partial charge >= 0.3 is 5.82 Å². The van der Waals surface area contributed by atoms with Crippen molar-refractivity contribution in [1.29, 1.82) is 0 Å². The van der Waals surface area contributed by atoms with Crippen molar-refractivity contribution in [2.45, 2.75) is 6.42 Å². The Balaban J connectivity index is 1.54. The Bertz CT molecular complexity index is 1050. The molecule has 3 heterocycles. The van der Waals surface area contributed by atoms with Crippen LogP contribution in [-0.4, -0.2) is 25.8 Å². The van der Waals surface area contributed by atoms with Crippen LogP contribution < -0.4 is 5.32 Å². The molecular formula is C15H12FN5O2S. The van der Waals surface area contributed by atoms with Crippen LogP contribution in [0.15, 0.2) is 36.0 Å². The van der Waals surface area contributed by atoms with Crippen molar-refractivity contribution in [1.82, 2.24) is 14.4 Å². The molecular weight excluding hydrogens is 333 g/mol. The number of aromatic amines is 1. The summed E-state index contributed by atoms with van der Waals surface area (Å²) >= 11 is 1.34. The minimum Gasteiger partial charge on any atom is -0.363 e. The fourth-order valence-electron chi connectivity index (χ4n) is 2.75. The van der Waals surface area contributed by atoms with E-state index in [0.717, 1.165) is 16.5 Å². The number of aromatic nitrogens is 3. The van der Waals surface area contributed by atoms with E-state index in [0.29, 0.717) is 17.9 Å². The normalized spacial score (nSPS) is 11.4. The highest BCUT2D eigenvalue weighted by atomic mass is 32.1. The molecule has 0 radical (unpaired) electrons. The maximum Gasteiger partial charge on any atom is 0.372 e. The number of nitrogens with zero attached hydrogens (tertiary/aromatic N) is 3. The third kappa shape index (κ3) is 2.38. The molecule has 0 amide bonds. The summed E-state index contributed by atoms with van der Waals surface area (Å²) < 4.78 is 14.7. The molecule has 0 spiro atoms. The van der Waals surface area contributed by atoms with Crippen molar-refractivity contribution >= 4 is 38.8 Å². The second-order valence-corrected chi connectivity index (χ2v) is 6.15. The average Bonchev–Trinajstić information content (AvgIpc) is 3.20. The lowest BCUT2D eigenvalue weighted by Gasteiger charge is -2.03. The van der Waals surface area contributed by atoms with E-state index >= 15 is 0 Å². The number of hydrogen-bond acceptors (Lipinski definition) is 5. The predicted octanol–water partition coefficient (Wildman–Crippen LogP) is 3.58.